The highest BCUT2D eigenvalue weighted by Crippen LogP contribution is 2.32. The van der Waals surface area contributed by atoms with Crippen LogP contribution in [0.4, 0.5) is 0 Å². The molecule has 2 rings (SSSR count). The van der Waals surface area contributed by atoms with Gasteiger partial charge in [0.2, 0.25) is 12.3 Å². The first-order valence-electron chi connectivity index (χ1n) is 5.53. The fourth-order valence-electron chi connectivity index (χ4n) is 1.59. The predicted octanol–water partition coefficient (Wildman–Crippen LogP) is -0.144. The van der Waals surface area contributed by atoms with Gasteiger partial charge in [-0.25, -0.2) is 0 Å². The second kappa shape index (κ2) is 5.07. The SMILES string of the molecule is NC(CC(=O)NCCc1ncon1)C1CC1. The Labute approximate surface area is 93.6 Å². The fraction of sp³-hybridized carbons (Fsp3) is 0.700. The summed E-state index contributed by atoms with van der Waals surface area (Å²) in [6.45, 7) is 0.524. The molecule has 1 aromatic rings. The van der Waals surface area contributed by atoms with Crippen LogP contribution in [0.15, 0.2) is 10.9 Å². The molecule has 0 bridgehead atoms. The molecule has 1 saturated carbocycles. The molecular formula is C10H16N4O2. The Kier molecular flexibility index (Phi) is 3.51. The zero-order valence-corrected chi connectivity index (χ0v) is 9.06. The van der Waals surface area contributed by atoms with E-state index in [2.05, 4.69) is 20.0 Å². The van der Waals surface area contributed by atoms with Gasteiger partial charge in [0.15, 0.2) is 5.82 Å². The number of nitrogens with one attached hydrogen (secondary N) is 1. The van der Waals surface area contributed by atoms with Crippen molar-refractivity contribution in [3.05, 3.63) is 12.2 Å². The van der Waals surface area contributed by atoms with Crippen LogP contribution in [0, 0.1) is 5.92 Å². The molecule has 88 valence electrons. The number of amides is 1. The van der Waals surface area contributed by atoms with Gasteiger partial charge >= 0.3 is 0 Å². The maximum Gasteiger partial charge on any atom is 0.221 e. The number of aromatic nitrogens is 2. The predicted molar refractivity (Wildman–Crippen MR) is 56.3 cm³/mol. The zero-order valence-electron chi connectivity index (χ0n) is 9.06. The van der Waals surface area contributed by atoms with E-state index in [9.17, 15) is 4.79 Å². The maximum absolute atomic E-state index is 11.5. The highest BCUT2D eigenvalue weighted by atomic mass is 16.5. The third-order valence-corrected chi connectivity index (χ3v) is 2.73. The first kappa shape index (κ1) is 11.1. The Hall–Kier alpha value is -1.43. The second-order valence-electron chi connectivity index (χ2n) is 4.15. The molecule has 0 radical (unpaired) electrons. The van der Waals surface area contributed by atoms with Crippen molar-refractivity contribution in [2.24, 2.45) is 11.7 Å². The summed E-state index contributed by atoms with van der Waals surface area (Å²) in [5.74, 6) is 1.16. The lowest BCUT2D eigenvalue weighted by atomic mass is 10.1. The lowest BCUT2D eigenvalue weighted by molar-refractivity contribution is -0.121. The fourth-order valence-corrected chi connectivity index (χ4v) is 1.59. The van der Waals surface area contributed by atoms with Crippen molar-refractivity contribution in [2.45, 2.75) is 31.7 Å². The van der Waals surface area contributed by atoms with E-state index in [-0.39, 0.29) is 11.9 Å². The summed E-state index contributed by atoms with van der Waals surface area (Å²) in [7, 11) is 0. The topological polar surface area (TPSA) is 94.0 Å². The molecule has 0 saturated heterocycles. The quantitative estimate of drug-likeness (QED) is 0.701. The van der Waals surface area contributed by atoms with Crippen molar-refractivity contribution in [3.63, 3.8) is 0 Å². The molecule has 1 aromatic heterocycles. The minimum atomic E-state index is 0.00268. The molecule has 1 heterocycles. The molecule has 1 aliphatic rings. The van der Waals surface area contributed by atoms with Crippen LogP contribution in [0.5, 0.6) is 0 Å². The van der Waals surface area contributed by atoms with E-state index in [1.165, 1.54) is 6.39 Å². The average molecular weight is 224 g/mol. The largest absolute Gasteiger partial charge is 0.356 e. The molecule has 0 spiro atoms. The summed E-state index contributed by atoms with van der Waals surface area (Å²) >= 11 is 0. The molecular weight excluding hydrogens is 208 g/mol. The summed E-state index contributed by atoms with van der Waals surface area (Å²) in [6, 6.07) is 0.0187. The Balaban J connectivity index is 1.60. The van der Waals surface area contributed by atoms with E-state index in [4.69, 9.17) is 5.73 Å². The first-order valence-corrected chi connectivity index (χ1v) is 5.53. The summed E-state index contributed by atoms with van der Waals surface area (Å²) in [4.78, 5) is 15.3. The van der Waals surface area contributed by atoms with E-state index < -0.39 is 0 Å². The van der Waals surface area contributed by atoms with Crippen LogP contribution in [-0.2, 0) is 11.2 Å². The van der Waals surface area contributed by atoms with Crippen molar-refractivity contribution >= 4 is 5.91 Å². The molecule has 0 aromatic carbocycles. The molecule has 6 nitrogen and oxygen atoms in total. The molecule has 6 heteroatoms. The lowest BCUT2D eigenvalue weighted by Crippen LogP contribution is -2.33. The Morgan fingerprint density at radius 3 is 3.12 bits per heavy atom. The zero-order chi connectivity index (χ0) is 11.4. The summed E-state index contributed by atoms with van der Waals surface area (Å²) in [5.41, 5.74) is 5.85. The van der Waals surface area contributed by atoms with Crippen molar-refractivity contribution in [2.75, 3.05) is 6.54 Å². The number of hydrogen-bond acceptors (Lipinski definition) is 5. The van der Waals surface area contributed by atoms with Crippen LogP contribution in [0.3, 0.4) is 0 Å². The van der Waals surface area contributed by atoms with Crippen LogP contribution < -0.4 is 11.1 Å². The van der Waals surface area contributed by atoms with Crippen molar-refractivity contribution in [1.29, 1.82) is 0 Å². The minimum Gasteiger partial charge on any atom is -0.356 e. The average Bonchev–Trinajstić information content (AvgIpc) is 2.98. The molecule has 3 N–H and O–H groups in total. The van der Waals surface area contributed by atoms with E-state index in [0.717, 1.165) is 12.8 Å². The van der Waals surface area contributed by atoms with Crippen molar-refractivity contribution < 1.29 is 9.32 Å². The summed E-state index contributed by atoms with van der Waals surface area (Å²) < 4.78 is 4.58. The van der Waals surface area contributed by atoms with E-state index in [1.807, 2.05) is 0 Å². The van der Waals surface area contributed by atoms with Crippen molar-refractivity contribution in [3.8, 4) is 0 Å². The molecule has 1 atom stereocenters. The molecule has 0 aliphatic heterocycles. The van der Waals surface area contributed by atoms with Gasteiger partial charge in [0.05, 0.1) is 0 Å². The van der Waals surface area contributed by atoms with Crippen LogP contribution in [0.2, 0.25) is 0 Å². The van der Waals surface area contributed by atoms with Gasteiger partial charge in [-0.3, -0.25) is 4.79 Å². The first-order chi connectivity index (χ1) is 7.75. The number of carbonyl (C=O) groups excluding carboxylic acids is 1. The standard InChI is InChI=1S/C10H16N4O2/c11-8(7-1-2-7)5-10(15)12-4-3-9-13-6-16-14-9/h6-8H,1-5,11H2,(H,12,15). The summed E-state index contributed by atoms with van der Waals surface area (Å²) in [5, 5.41) is 6.44. The van der Waals surface area contributed by atoms with E-state index >= 15 is 0 Å². The third-order valence-electron chi connectivity index (χ3n) is 2.73. The van der Waals surface area contributed by atoms with Crippen LogP contribution in [0.1, 0.15) is 25.1 Å². The van der Waals surface area contributed by atoms with Gasteiger partial charge in [0.1, 0.15) is 0 Å². The third kappa shape index (κ3) is 3.30. The Morgan fingerprint density at radius 2 is 2.50 bits per heavy atom. The van der Waals surface area contributed by atoms with Crippen LogP contribution >= 0.6 is 0 Å². The smallest absolute Gasteiger partial charge is 0.221 e. The van der Waals surface area contributed by atoms with E-state index in [0.29, 0.717) is 31.1 Å². The molecule has 1 unspecified atom stereocenters. The number of hydrogen-bond donors (Lipinski definition) is 2. The van der Waals surface area contributed by atoms with Gasteiger partial charge in [-0.2, -0.15) is 4.98 Å². The monoisotopic (exact) mass is 224 g/mol. The minimum absolute atomic E-state index is 0.00268. The molecule has 1 fully saturated rings. The Bertz CT molecular complexity index is 335. The van der Waals surface area contributed by atoms with Crippen molar-refractivity contribution in [1.82, 2.24) is 15.5 Å². The number of nitrogens with zero attached hydrogens (tertiary/aromatic N) is 2. The van der Waals surface area contributed by atoms with Crippen LogP contribution in [-0.4, -0.2) is 28.6 Å². The Morgan fingerprint density at radius 1 is 1.69 bits per heavy atom. The lowest BCUT2D eigenvalue weighted by Gasteiger charge is -2.09. The number of carbonyl (C=O) groups is 1. The molecule has 16 heavy (non-hydrogen) atoms. The van der Waals surface area contributed by atoms with Gasteiger partial charge in [0, 0.05) is 25.4 Å². The van der Waals surface area contributed by atoms with Gasteiger partial charge in [-0.15, -0.1) is 0 Å². The normalized spacial score (nSPS) is 17.1. The van der Waals surface area contributed by atoms with Gasteiger partial charge in [-0.1, -0.05) is 5.16 Å². The maximum atomic E-state index is 11.5. The second-order valence-corrected chi connectivity index (χ2v) is 4.15. The number of rotatable bonds is 6. The van der Waals surface area contributed by atoms with Crippen LogP contribution in [0.25, 0.3) is 0 Å². The van der Waals surface area contributed by atoms with Gasteiger partial charge < -0.3 is 15.6 Å². The van der Waals surface area contributed by atoms with Gasteiger partial charge in [-0.05, 0) is 18.8 Å². The summed E-state index contributed by atoms with van der Waals surface area (Å²) in [6.07, 6.45) is 4.60. The van der Waals surface area contributed by atoms with Gasteiger partial charge in [0.25, 0.3) is 0 Å². The highest BCUT2D eigenvalue weighted by Gasteiger charge is 2.29. The number of nitrogens with two attached hydrogens (primary N) is 1. The molecule has 1 aliphatic carbocycles. The highest BCUT2D eigenvalue weighted by molar-refractivity contribution is 5.76. The van der Waals surface area contributed by atoms with E-state index in [1.54, 1.807) is 0 Å². The molecule has 1 amide bonds.